The molecule has 3 nitrogen and oxygen atoms in total. The van der Waals surface area contributed by atoms with Crippen molar-refractivity contribution in [1.29, 1.82) is 0 Å². The summed E-state index contributed by atoms with van der Waals surface area (Å²) < 4.78 is 0. The van der Waals surface area contributed by atoms with Crippen LogP contribution in [0.1, 0.15) is 21.6 Å². The van der Waals surface area contributed by atoms with Crippen LogP contribution in [-0.2, 0) is 13.0 Å². The van der Waals surface area contributed by atoms with Gasteiger partial charge < -0.3 is 9.88 Å². The van der Waals surface area contributed by atoms with Crippen LogP contribution in [-0.4, -0.2) is 22.3 Å². The van der Waals surface area contributed by atoms with E-state index in [-0.39, 0.29) is 5.91 Å². The van der Waals surface area contributed by atoms with Crippen molar-refractivity contribution < 1.29 is 4.79 Å². The molecule has 1 aliphatic heterocycles. The van der Waals surface area contributed by atoms with Crippen LogP contribution in [0.2, 0.25) is 10.0 Å². The molecule has 2 aromatic carbocycles. The summed E-state index contributed by atoms with van der Waals surface area (Å²) in [6.07, 6.45) is 0.854. The molecule has 0 unspecified atom stereocenters. The van der Waals surface area contributed by atoms with E-state index in [2.05, 4.69) is 17.1 Å². The first kappa shape index (κ1) is 14.6. The number of fused-ring (bicyclic) bond motifs is 3. The van der Waals surface area contributed by atoms with E-state index in [1.54, 1.807) is 18.2 Å². The number of H-pyrrole nitrogens is 1. The third-order valence-corrected chi connectivity index (χ3v) is 5.08. The van der Waals surface area contributed by atoms with Gasteiger partial charge in [-0.05, 0) is 36.2 Å². The lowest BCUT2D eigenvalue weighted by Gasteiger charge is -2.27. The fourth-order valence-electron chi connectivity index (χ4n) is 3.18. The van der Waals surface area contributed by atoms with Gasteiger partial charge >= 0.3 is 0 Å². The van der Waals surface area contributed by atoms with Crippen molar-refractivity contribution in [2.24, 2.45) is 0 Å². The molecule has 0 saturated carbocycles. The van der Waals surface area contributed by atoms with E-state index in [4.69, 9.17) is 23.2 Å². The van der Waals surface area contributed by atoms with E-state index in [1.807, 2.05) is 17.0 Å². The van der Waals surface area contributed by atoms with Gasteiger partial charge in [0.2, 0.25) is 0 Å². The Morgan fingerprint density at radius 3 is 2.74 bits per heavy atom. The first-order valence-corrected chi connectivity index (χ1v) is 8.22. The Morgan fingerprint density at radius 2 is 1.91 bits per heavy atom. The zero-order chi connectivity index (χ0) is 16.0. The minimum atomic E-state index is -0.0205. The van der Waals surface area contributed by atoms with Crippen molar-refractivity contribution >= 4 is 40.0 Å². The number of nitrogens with one attached hydrogen (secondary N) is 1. The number of amides is 1. The molecular weight excluding hydrogens is 331 g/mol. The third kappa shape index (κ3) is 2.50. The summed E-state index contributed by atoms with van der Waals surface area (Å²) in [5.41, 5.74) is 4.13. The highest BCUT2D eigenvalue weighted by Gasteiger charge is 2.24. The first-order chi connectivity index (χ1) is 11.1. The number of benzene rings is 2. The Balaban J connectivity index is 1.64. The highest BCUT2D eigenvalue weighted by atomic mass is 35.5. The summed E-state index contributed by atoms with van der Waals surface area (Å²) in [7, 11) is 0. The molecular formula is C18H14Cl2N2O. The molecule has 0 aliphatic carbocycles. The Labute approximate surface area is 143 Å². The number of hydrogen-bond acceptors (Lipinski definition) is 1. The molecule has 0 bridgehead atoms. The van der Waals surface area contributed by atoms with Crippen LogP contribution < -0.4 is 0 Å². The van der Waals surface area contributed by atoms with Gasteiger partial charge in [0.25, 0.3) is 5.91 Å². The van der Waals surface area contributed by atoms with Crippen LogP contribution in [0.5, 0.6) is 0 Å². The highest BCUT2D eigenvalue weighted by molar-refractivity contribution is 6.42. The van der Waals surface area contributed by atoms with Gasteiger partial charge in [-0.25, -0.2) is 0 Å². The molecule has 2 heterocycles. The maximum Gasteiger partial charge on any atom is 0.254 e. The SMILES string of the molecule is O=C(c1ccc(Cl)c(Cl)c1)N1CCc2c([nH]c3ccccc23)C1. The van der Waals surface area contributed by atoms with E-state index < -0.39 is 0 Å². The second-order valence-corrected chi connectivity index (χ2v) is 6.55. The fraction of sp³-hybridized carbons (Fsp3) is 0.167. The van der Waals surface area contributed by atoms with E-state index in [9.17, 15) is 4.79 Å². The fourth-order valence-corrected chi connectivity index (χ4v) is 3.48. The van der Waals surface area contributed by atoms with Crippen LogP contribution in [0.3, 0.4) is 0 Å². The number of hydrogen-bond donors (Lipinski definition) is 1. The Kier molecular flexibility index (Phi) is 3.55. The van der Waals surface area contributed by atoms with Crippen LogP contribution >= 0.6 is 23.2 Å². The summed E-state index contributed by atoms with van der Waals surface area (Å²) in [5.74, 6) is -0.0205. The molecule has 4 rings (SSSR count). The number of carbonyl (C=O) groups excluding carboxylic acids is 1. The summed E-state index contributed by atoms with van der Waals surface area (Å²) in [4.78, 5) is 18.0. The van der Waals surface area contributed by atoms with Crippen molar-refractivity contribution in [3.05, 3.63) is 69.3 Å². The number of aromatic amines is 1. The average molecular weight is 345 g/mol. The van der Waals surface area contributed by atoms with Gasteiger partial charge in [-0.2, -0.15) is 0 Å². The lowest BCUT2D eigenvalue weighted by atomic mass is 10.0. The van der Waals surface area contributed by atoms with Crippen molar-refractivity contribution in [2.45, 2.75) is 13.0 Å². The predicted octanol–water partition coefficient (Wildman–Crippen LogP) is 4.67. The van der Waals surface area contributed by atoms with Gasteiger partial charge in [-0.15, -0.1) is 0 Å². The van der Waals surface area contributed by atoms with Crippen LogP contribution in [0.25, 0.3) is 10.9 Å². The second kappa shape index (κ2) is 5.59. The standard InChI is InChI=1S/C18H14Cl2N2O/c19-14-6-5-11(9-15(14)20)18(23)22-8-7-13-12-3-1-2-4-16(12)21-17(13)10-22/h1-6,9,21H,7-8,10H2. The minimum absolute atomic E-state index is 0.0205. The molecule has 3 aromatic rings. The maximum absolute atomic E-state index is 12.7. The van der Waals surface area contributed by atoms with E-state index >= 15 is 0 Å². The largest absolute Gasteiger partial charge is 0.357 e. The average Bonchev–Trinajstić information content (AvgIpc) is 2.94. The number of carbonyl (C=O) groups is 1. The van der Waals surface area contributed by atoms with Gasteiger partial charge in [-0.1, -0.05) is 41.4 Å². The highest BCUT2D eigenvalue weighted by Crippen LogP contribution is 2.29. The Bertz CT molecular complexity index is 917. The summed E-state index contributed by atoms with van der Waals surface area (Å²) >= 11 is 11.9. The molecule has 1 amide bonds. The molecule has 0 saturated heterocycles. The molecule has 116 valence electrons. The van der Waals surface area contributed by atoms with Gasteiger partial charge in [-0.3, -0.25) is 4.79 Å². The lowest BCUT2D eigenvalue weighted by molar-refractivity contribution is 0.0733. The van der Waals surface area contributed by atoms with Crippen molar-refractivity contribution in [3.63, 3.8) is 0 Å². The molecule has 23 heavy (non-hydrogen) atoms. The van der Waals surface area contributed by atoms with Gasteiger partial charge in [0.1, 0.15) is 0 Å². The summed E-state index contributed by atoms with van der Waals surface area (Å²) in [6.45, 7) is 1.29. The van der Waals surface area contributed by atoms with E-state index in [0.29, 0.717) is 28.7 Å². The van der Waals surface area contributed by atoms with Crippen LogP contribution in [0, 0.1) is 0 Å². The molecule has 0 radical (unpaired) electrons. The minimum Gasteiger partial charge on any atom is -0.357 e. The number of aromatic nitrogens is 1. The second-order valence-electron chi connectivity index (χ2n) is 5.73. The maximum atomic E-state index is 12.7. The normalized spacial score (nSPS) is 14.1. The molecule has 1 N–H and O–H groups in total. The lowest BCUT2D eigenvalue weighted by Crippen LogP contribution is -2.35. The number of para-hydroxylation sites is 1. The summed E-state index contributed by atoms with van der Waals surface area (Å²) in [6, 6.07) is 13.3. The van der Waals surface area contributed by atoms with Gasteiger partial charge in [0.05, 0.1) is 16.6 Å². The molecule has 0 spiro atoms. The van der Waals surface area contributed by atoms with Crippen molar-refractivity contribution in [1.82, 2.24) is 9.88 Å². The van der Waals surface area contributed by atoms with Crippen molar-refractivity contribution in [2.75, 3.05) is 6.54 Å². The Hall–Kier alpha value is -1.97. The smallest absolute Gasteiger partial charge is 0.254 e. The zero-order valence-electron chi connectivity index (χ0n) is 12.3. The van der Waals surface area contributed by atoms with E-state index in [0.717, 1.165) is 17.6 Å². The number of rotatable bonds is 1. The predicted molar refractivity (Wildman–Crippen MR) is 93.2 cm³/mol. The molecule has 1 aromatic heterocycles. The first-order valence-electron chi connectivity index (χ1n) is 7.46. The summed E-state index contributed by atoms with van der Waals surface area (Å²) in [5, 5.41) is 2.12. The molecule has 5 heteroatoms. The monoisotopic (exact) mass is 344 g/mol. The zero-order valence-corrected chi connectivity index (χ0v) is 13.8. The van der Waals surface area contributed by atoms with Crippen molar-refractivity contribution in [3.8, 4) is 0 Å². The molecule has 0 fully saturated rings. The van der Waals surface area contributed by atoms with E-state index in [1.165, 1.54) is 10.9 Å². The van der Waals surface area contributed by atoms with Crippen LogP contribution in [0.15, 0.2) is 42.5 Å². The quantitative estimate of drug-likeness (QED) is 0.683. The molecule has 1 aliphatic rings. The number of nitrogens with zero attached hydrogens (tertiary/aromatic N) is 1. The van der Waals surface area contributed by atoms with Gasteiger partial charge in [0, 0.05) is 28.7 Å². The third-order valence-electron chi connectivity index (χ3n) is 4.34. The topological polar surface area (TPSA) is 36.1 Å². The molecule has 0 atom stereocenters. The number of halogens is 2. The van der Waals surface area contributed by atoms with Crippen LogP contribution in [0.4, 0.5) is 0 Å². The Morgan fingerprint density at radius 1 is 1.09 bits per heavy atom. The van der Waals surface area contributed by atoms with Gasteiger partial charge in [0.15, 0.2) is 0 Å².